The molecule has 1 N–H and O–H groups in total. The van der Waals surface area contributed by atoms with Crippen LogP contribution < -0.4 is 5.32 Å². The van der Waals surface area contributed by atoms with Crippen molar-refractivity contribution in [3.8, 4) is 0 Å². The third kappa shape index (κ3) is 8.66. The van der Waals surface area contributed by atoms with E-state index in [-0.39, 0.29) is 24.0 Å². The SMILES string of the molecule is C=CCCCCCN(C)C(=NC)NCC1CCN(C)C1.I. The Labute approximate surface area is 148 Å². The first-order valence-corrected chi connectivity index (χ1v) is 7.88. The number of aliphatic imine (C=N–C) groups is 1. The van der Waals surface area contributed by atoms with Gasteiger partial charge in [-0.2, -0.15) is 0 Å². The van der Waals surface area contributed by atoms with Crippen LogP contribution in [-0.4, -0.2) is 63.1 Å². The van der Waals surface area contributed by atoms with Crippen LogP contribution in [0.15, 0.2) is 17.6 Å². The maximum absolute atomic E-state index is 4.38. The molecule has 0 aromatic rings. The van der Waals surface area contributed by atoms with Crippen LogP contribution in [0.1, 0.15) is 32.1 Å². The average molecular weight is 408 g/mol. The van der Waals surface area contributed by atoms with E-state index in [1.807, 2.05) is 13.1 Å². The first kappa shape index (κ1) is 20.7. The molecule has 1 aliphatic rings. The van der Waals surface area contributed by atoms with Gasteiger partial charge in [0.1, 0.15) is 0 Å². The smallest absolute Gasteiger partial charge is 0.193 e. The number of guanidine groups is 1. The maximum atomic E-state index is 4.38. The normalized spacial score (nSPS) is 19.2. The molecule has 0 radical (unpaired) electrons. The number of allylic oxidation sites excluding steroid dienone is 1. The van der Waals surface area contributed by atoms with Crippen LogP contribution in [0.2, 0.25) is 0 Å². The van der Waals surface area contributed by atoms with Gasteiger partial charge in [0.05, 0.1) is 0 Å². The second-order valence-electron chi connectivity index (χ2n) is 5.90. The van der Waals surface area contributed by atoms with Crippen molar-refractivity contribution in [3.05, 3.63) is 12.7 Å². The molecule has 1 rings (SSSR count). The summed E-state index contributed by atoms with van der Waals surface area (Å²) in [5.41, 5.74) is 0. The first-order chi connectivity index (χ1) is 9.67. The van der Waals surface area contributed by atoms with Crippen molar-refractivity contribution < 1.29 is 0 Å². The summed E-state index contributed by atoms with van der Waals surface area (Å²) >= 11 is 0. The van der Waals surface area contributed by atoms with Gasteiger partial charge < -0.3 is 15.1 Å². The van der Waals surface area contributed by atoms with Gasteiger partial charge in [-0.3, -0.25) is 4.99 Å². The fourth-order valence-corrected chi connectivity index (χ4v) is 2.73. The zero-order chi connectivity index (χ0) is 14.8. The lowest BCUT2D eigenvalue weighted by molar-refractivity contribution is 0.390. The maximum Gasteiger partial charge on any atom is 0.193 e. The van der Waals surface area contributed by atoms with Crippen LogP contribution in [0.4, 0.5) is 0 Å². The van der Waals surface area contributed by atoms with Gasteiger partial charge in [-0.25, -0.2) is 0 Å². The molecule has 1 saturated heterocycles. The van der Waals surface area contributed by atoms with E-state index in [2.05, 4.69) is 40.8 Å². The molecule has 1 fully saturated rings. The molecule has 124 valence electrons. The molecule has 0 bridgehead atoms. The highest BCUT2D eigenvalue weighted by atomic mass is 127. The molecule has 21 heavy (non-hydrogen) atoms. The van der Waals surface area contributed by atoms with Crippen LogP contribution in [0.3, 0.4) is 0 Å². The second-order valence-corrected chi connectivity index (χ2v) is 5.90. The monoisotopic (exact) mass is 408 g/mol. The van der Waals surface area contributed by atoms with Crippen molar-refractivity contribution in [3.63, 3.8) is 0 Å². The number of nitrogens with one attached hydrogen (secondary N) is 1. The fourth-order valence-electron chi connectivity index (χ4n) is 2.73. The van der Waals surface area contributed by atoms with Crippen LogP contribution >= 0.6 is 24.0 Å². The molecule has 0 aromatic carbocycles. The molecule has 5 heteroatoms. The van der Waals surface area contributed by atoms with Crippen molar-refractivity contribution in [2.75, 3.05) is 47.3 Å². The Kier molecular flexibility index (Phi) is 12.1. The number of rotatable bonds is 8. The summed E-state index contributed by atoms with van der Waals surface area (Å²) in [5, 5.41) is 3.52. The van der Waals surface area contributed by atoms with Crippen molar-refractivity contribution in [1.29, 1.82) is 0 Å². The van der Waals surface area contributed by atoms with Crippen LogP contribution in [0, 0.1) is 5.92 Å². The quantitative estimate of drug-likeness (QED) is 0.220. The summed E-state index contributed by atoms with van der Waals surface area (Å²) in [6.07, 6.45) is 8.16. The van der Waals surface area contributed by atoms with Gasteiger partial charge in [-0.15, -0.1) is 30.6 Å². The zero-order valence-corrected chi connectivity index (χ0v) is 16.3. The van der Waals surface area contributed by atoms with E-state index in [9.17, 15) is 0 Å². The third-order valence-electron chi connectivity index (χ3n) is 4.01. The Hall–Kier alpha value is -0.300. The summed E-state index contributed by atoms with van der Waals surface area (Å²) in [5.74, 6) is 1.79. The van der Waals surface area contributed by atoms with Crippen LogP contribution in [0.5, 0.6) is 0 Å². The van der Waals surface area contributed by atoms with Crippen molar-refractivity contribution in [2.45, 2.75) is 32.1 Å². The Bertz CT molecular complexity index is 307. The van der Waals surface area contributed by atoms with E-state index in [1.54, 1.807) is 0 Å². The van der Waals surface area contributed by atoms with Gasteiger partial charge >= 0.3 is 0 Å². The molecule has 0 saturated carbocycles. The Morgan fingerprint density at radius 2 is 2.19 bits per heavy atom. The van der Waals surface area contributed by atoms with E-state index in [4.69, 9.17) is 0 Å². The first-order valence-electron chi connectivity index (χ1n) is 7.88. The number of unbranched alkanes of at least 4 members (excludes halogenated alkanes) is 3. The summed E-state index contributed by atoms with van der Waals surface area (Å²) < 4.78 is 0. The minimum absolute atomic E-state index is 0. The van der Waals surface area contributed by atoms with Crippen molar-refractivity contribution in [2.24, 2.45) is 10.9 Å². The Morgan fingerprint density at radius 1 is 1.43 bits per heavy atom. The van der Waals surface area contributed by atoms with Crippen molar-refractivity contribution in [1.82, 2.24) is 15.1 Å². The summed E-state index contributed by atoms with van der Waals surface area (Å²) in [4.78, 5) is 9.03. The van der Waals surface area contributed by atoms with Gasteiger partial charge in [0.2, 0.25) is 0 Å². The van der Waals surface area contributed by atoms with Gasteiger partial charge in [0.25, 0.3) is 0 Å². The highest BCUT2D eigenvalue weighted by Crippen LogP contribution is 2.12. The lowest BCUT2D eigenvalue weighted by atomic mass is 10.1. The molecular weight excluding hydrogens is 375 g/mol. The highest BCUT2D eigenvalue weighted by Gasteiger charge is 2.19. The lowest BCUT2D eigenvalue weighted by Crippen LogP contribution is -2.41. The van der Waals surface area contributed by atoms with E-state index < -0.39 is 0 Å². The number of likely N-dealkylation sites (tertiary alicyclic amines) is 1. The van der Waals surface area contributed by atoms with Gasteiger partial charge in [0.15, 0.2) is 5.96 Å². The number of halogens is 1. The second kappa shape index (κ2) is 12.3. The average Bonchev–Trinajstić information content (AvgIpc) is 2.85. The van der Waals surface area contributed by atoms with E-state index in [0.717, 1.165) is 31.4 Å². The Morgan fingerprint density at radius 3 is 2.76 bits per heavy atom. The molecule has 1 unspecified atom stereocenters. The molecule has 1 aliphatic heterocycles. The molecule has 0 aliphatic carbocycles. The summed E-state index contributed by atoms with van der Waals surface area (Å²) in [6.45, 7) is 8.30. The van der Waals surface area contributed by atoms with Gasteiger partial charge in [-0.05, 0) is 45.2 Å². The topological polar surface area (TPSA) is 30.9 Å². The standard InChI is InChI=1S/C16H32N4.HI/c1-5-6-7-8-9-11-20(4)16(17-2)18-13-15-10-12-19(3)14-15;/h5,15H,1,6-14H2,2-4H3,(H,17,18);1H. The molecule has 0 spiro atoms. The van der Waals surface area contributed by atoms with E-state index in [0.29, 0.717) is 0 Å². The molecule has 4 nitrogen and oxygen atoms in total. The molecular formula is C16H33IN4. The lowest BCUT2D eigenvalue weighted by Gasteiger charge is -2.23. The van der Waals surface area contributed by atoms with Gasteiger partial charge in [0, 0.05) is 33.7 Å². The zero-order valence-electron chi connectivity index (χ0n) is 14.0. The molecule has 1 heterocycles. The van der Waals surface area contributed by atoms with Gasteiger partial charge in [-0.1, -0.05) is 12.5 Å². The number of nitrogens with zero attached hydrogens (tertiary/aromatic N) is 3. The van der Waals surface area contributed by atoms with Crippen molar-refractivity contribution >= 4 is 29.9 Å². The third-order valence-corrected chi connectivity index (χ3v) is 4.01. The van der Waals surface area contributed by atoms with E-state index >= 15 is 0 Å². The van der Waals surface area contributed by atoms with Crippen LogP contribution in [0.25, 0.3) is 0 Å². The minimum Gasteiger partial charge on any atom is -0.356 e. The van der Waals surface area contributed by atoms with Crippen LogP contribution in [-0.2, 0) is 0 Å². The predicted molar refractivity (Wildman–Crippen MR) is 104 cm³/mol. The number of hydrogen-bond acceptors (Lipinski definition) is 2. The Balaban J connectivity index is 0.00000400. The molecule has 0 aromatic heterocycles. The molecule has 1 atom stereocenters. The number of hydrogen-bond donors (Lipinski definition) is 1. The fraction of sp³-hybridized carbons (Fsp3) is 0.812. The summed E-state index contributed by atoms with van der Waals surface area (Å²) in [6, 6.07) is 0. The predicted octanol–water partition coefficient (Wildman–Crippen LogP) is 2.81. The largest absolute Gasteiger partial charge is 0.356 e. The minimum atomic E-state index is 0. The molecule has 0 amide bonds. The summed E-state index contributed by atoms with van der Waals surface area (Å²) in [7, 11) is 6.20. The highest BCUT2D eigenvalue weighted by molar-refractivity contribution is 14.0. The van der Waals surface area contributed by atoms with E-state index in [1.165, 1.54) is 38.8 Å².